The molecule has 0 saturated carbocycles. The van der Waals surface area contributed by atoms with Gasteiger partial charge in [-0.25, -0.2) is 0 Å². The van der Waals surface area contributed by atoms with E-state index in [2.05, 4.69) is 10.3 Å². The van der Waals surface area contributed by atoms with Gasteiger partial charge in [-0.1, -0.05) is 18.2 Å². The molecular weight excluding hydrogens is 426 g/mol. The molecule has 3 heterocycles. The van der Waals surface area contributed by atoms with Crippen LogP contribution in [0, 0.1) is 0 Å². The summed E-state index contributed by atoms with van der Waals surface area (Å²) in [6.45, 7) is -0.211. The first kappa shape index (κ1) is 20.6. The number of aromatic nitrogens is 2. The first-order chi connectivity index (χ1) is 15.5. The molecule has 2 aromatic carbocycles. The third-order valence-corrected chi connectivity index (χ3v) is 6.49. The van der Waals surface area contributed by atoms with Crippen LogP contribution >= 0.6 is 11.8 Å². The zero-order chi connectivity index (χ0) is 22.4. The molecule has 32 heavy (non-hydrogen) atoms. The number of aliphatic hydroxyl groups is 2. The number of amides is 2. The number of nitrogens with one attached hydrogen (secondary N) is 2. The van der Waals surface area contributed by atoms with Gasteiger partial charge >= 0.3 is 0 Å². The van der Waals surface area contributed by atoms with Crippen LogP contribution in [0.25, 0.3) is 33.0 Å². The molecular formula is C24H21N3O4S. The smallest absolute Gasteiger partial charge is 0.259 e. The average molecular weight is 448 g/mol. The Morgan fingerprint density at radius 2 is 1.78 bits per heavy atom. The normalized spacial score (nSPS) is 15.2. The monoisotopic (exact) mass is 447 g/mol. The number of fused-ring (bicyclic) bond motifs is 2. The van der Waals surface area contributed by atoms with E-state index in [-0.39, 0.29) is 13.2 Å². The van der Waals surface area contributed by atoms with Crippen LogP contribution in [0.3, 0.4) is 0 Å². The number of imide groups is 1. The molecule has 0 bridgehead atoms. The number of carbonyl (C=O) groups is 2. The number of aliphatic hydroxyl groups excluding tert-OH is 2. The Bertz CT molecular complexity index is 1420. The van der Waals surface area contributed by atoms with Crippen molar-refractivity contribution in [3.05, 3.63) is 66.0 Å². The Balaban J connectivity index is 1.80. The van der Waals surface area contributed by atoms with Crippen molar-refractivity contribution in [2.45, 2.75) is 17.5 Å². The summed E-state index contributed by atoms with van der Waals surface area (Å²) in [5, 5.41) is 23.5. The van der Waals surface area contributed by atoms with Crippen LogP contribution in [-0.2, 0) is 16.1 Å². The van der Waals surface area contributed by atoms with Gasteiger partial charge in [0.25, 0.3) is 11.8 Å². The molecule has 0 saturated heterocycles. The van der Waals surface area contributed by atoms with E-state index in [0.717, 1.165) is 26.7 Å². The Morgan fingerprint density at radius 1 is 1.03 bits per heavy atom. The highest BCUT2D eigenvalue weighted by molar-refractivity contribution is 7.98. The first-order valence-corrected chi connectivity index (χ1v) is 11.4. The molecule has 1 aliphatic heterocycles. The molecule has 0 spiro atoms. The second-order valence-corrected chi connectivity index (χ2v) is 8.58. The molecule has 0 aliphatic carbocycles. The third kappa shape index (κ3) is 3.24. The van der Waals surface area contributed by atoms with Crippen molar-refractivity contribution in [1.29, 1.82) is 0 Å². The highest BCUT2D eigenvalue weighted by atomic mass is 32.2. The SMILES string of the molecule is CSc1ccc2c(c1)c(C1=C(c3c[nH]c4ccccc34)C(=O)NC1=O)cn2CC(O)CO. The van der Waals surface area contributed by atoms with Gasteiger partial charge in [0.15, 0.2) is 0 Å². The third-order valence-electron chi connectivity index (χ3n) is 5.77. The van der Waals surface area contributed by atoms with Gasteiger partial charge in [-0.2, -0.15) is 0 Å². The van der Waals surface area contributed by atoms with Crippen molar-refractivity contribution >= 4 is 56.5 Å². The molecule has 162 valence electrons. The van der Waals surface area contributed by atoms with E-state index in [0.29, 0.717) is 22.3 Å². The lowest BCUT2D eigenvalue weighted by Crippen LogP contribution is -2.22. The molecule has 4 N–H and O–H groups in total. The fourth-order valence-corrected chi connectivity index (χ4v) is 4.73. The van der Waals surface area contributed by atoms with Gasteiger partial charge in [0.1, 0.15) is 0 Å². The molecule has 0 radical (unpaired) electrons. The highest BCUT2D eigenvalue weighted by Crippen LogP contribution is 2.39. The molecule has 2 aromatic heterocycles. The van der Waals surface area contributed by atoms with Gasteiger partial charge in [0.2, 0.25) is 0 Å². The van der Waals surface area contributed by atoms with E-state index < -0.39 is 17.9 Å². The van der Waals surface area contributed by atoms with Crippen LogP contribution < -0.4 is 5.32 Å². The second-order valence-electron chi connectivity index (χ2n) is 7.70. The summed E-state index contributed by atoms with van der Waals surface area (Å²) in [5.74, 6) is -0.890. The molecule has 4 aromatic rings. The summed E-state index contributed by atoms with van der Waals surface area (Å²) in [6, 6.07) is 13.5. The summed E-state index contributed by atoms with van der Waals surface area (Å²) in [7, 11) is 0. The summed E-state index contributed by atoms with van der Waals surface area (Å²) < 4.78 is 1.81. The van der Waals surface area contributed by atoms with Crippen LogP contribution in [0.2, 0.25) is 0 Å². The molecule has 0 fully saturated rings. The minimum Gasteiger partial charge on any atom is -0.394 e. The van der Waals surface area contributed by atoms with Gasteiger partial charge in [-0.05, 0) is 30.5 Å². The number of carbonyl (C=O) groups excluding carboxylic acids is 2. The minimum absolute atomic E-state index is 0.164. The van der Waals surface area contributed by atoms with Crippen molar-refractivity contribution in [2.75, 3.05) is 12.9 Å². The van der Waals surface area contributed by atoms with E-state index in [9.17, 15) is 19.8 Å². The predicted molar refractivity (Wildman–Crippen MR) is 125 cm³/mol. The van der Waals surface area contributed by atoms with Crippen LogP contribution in [0.1, 0.15) is 11.1 Å². The van der Waals surface area contributed by atoms with Crippen LogP contribution in [0.15, 0.2) is 59.8 Å². The first-order valence-electron chi connectivity index (χ1n) is 10.1. The molecule has 2 amide bonds. The van der Waals surface area contributed by atoms with Crippen molar-refractivity contribution in [2.24, 2.45) is 0 Å². The minimum atomic E-state index is -0.945. The molecule has 1 aliphatic rings. The maximum Gasteiger partial charge on any atom is 0.259 e. The number of hydrogen-bond acceptors (Lipinski definition) is 5. The standard InChI is InChI=1S/C24H21N3O4S/c1-32-14-6-7-20-16(8-14)18(11-27(20)10-13(29)12-28)22-21(23(30)26-24(22)31)17-9-25-19-5-3-2-4-15(17)19/h2-9,11,13,25,28-29H,10,12H2,1H3,(H,26,30,31). The molecule has 8 heteroatoms. The molecule has 1 unspecified atom stereocenters. The number of H-pyrrole nitrogens is 1. The second kappa shape index (κ2) is 7.98. The van der Waals surface area contributed by atoms with Crippen molar-refractivity contribution < 1.29 is 19.8 Å². The number of thioether (sulfide) groups is 1. The highest BCUT2D eigenvalue weighted by Gasteiger charge is 2.35. The summed E-state index contributed by atoms with van der Waals surface area (Å²) in [4.78, 5) is 30.1. The average Bonchev–Trinajstić information content (AvgIpc) is 3.46. The predicted octanol–water partition coefficient (Wildman–Crippen LogP) is 2.76. The Hall–Kier alpha value is -3.33. The van der Waals surface area contributed by atoms with Crippen molar-refractivity contribution in [3.8, 4) is 0 Å². The lowest BCUT2D eigenvalue weighted by atomic mass is 9.95. The quantitative estimate of drug-likeness (QED) is 0.269. The van der Waals surface area contributed by atoms with Gasteiger partial charge in [-0.3, -0.25) is 14.9 Å². The number of aromatic amines is 1. The molecule has 7 nitrogen and oxygen atoms in total. The van der Waals surface area contributed by atoms with Crippen LogP contribution in [-0.4, -0.2) is 50.5 Å². The summed E-state index contributed by atoms with van der Waals surface area (Å²) in [5.41, 5.74) is 3.59. The van der Waals surface area contributed by atoms with Gasteiger partial charge in [0.05, 0.1) is 30.4 Å². The topological polar surface area (TPSA) is 107 Å². The van der Waals surface area contributed by atoms with E-state index >= 15 is 0 Å². The zero-order valence-electron chi connectivity index (χ0n) is 17.3. The largest absolute Gasteiger partial charge is 0.394 e. The Morgan fingerprint density at radius 3 is 2.53 bits per heavy atom. The lowest BCUT2D eigenvalue weighted by molar-refractivity contribution is -0.122. The number of hydrogen-bond donors (Lipinski definition) is 4. The Kier molecular flexibility index (Phi) is 5.13. The van der Waals surface area contributed by atoms with Crippen molar-refractivity contribution in [1.82, 2.24) is 14.9 Å². The molecule has 5 rings (SSSR count). The number of para-hydroxylation sites is 1. The maximum absolute atomic E-state index is 13.0. The van der Waals surface area contributed by atoms with E-state index in [4.69, 9.17) is 0 Å². The number of benzene rings is 2. The fraction of sp³-hybridized carbons (Fsp3) is 0.167. The van der Waals surface area contributed by atoms with E-state index in [1.807, 2.05) is 53.3 Å². The number of rotatable bonds is 6. The van der Waals surface area contributed by atoms with Gasteiger partial charge in [0, 0.05) is 50.2 Å². The van der Waals surface area contributed by atoms with Gasteiger partial charge < -0.3 is 19.8 Å². The fourth-order valence-electron chi connectivity index (χ4n) is 4.29. The van der Waals surface area contributed by atoms with Gasteiger partial charge in [-0.15, -0.1) is 11.8 Å². The maximum atomic E-state index is 13.0. The van der Waals surface area contributed by atoms with E-state index in [1.54, 1.807) is 24.2 Å². The van der Waals surface area contributed by atoms with Crippen molar-refractivity contribution in [3.63, 3.8) is 0 Å². The molecule has 1 atom stereocenters. The van der Waals surface area contributed by atoms with E-state index in [1.165, 1.54) is 0 Å². The van der Waals surface area contributed by atoms with Crippen LogP contribution in [0.4, 0.5) is 0 Å². The number of nitrogens with zero attached hydrogens (tertiary/aromatic N) is 1. The zero-order valence-corrected chi connectivity index (χ0v) is 18.1. The lowest BCUT2D eigenvalue weighted by Gasteiger charge is -2.09. The Labute approximate surface area is 187 Å². The summed E-state index contributed by atoms with van der Waals surface area (Å²) in [6.07, 6.45) is 4.55. The summed E-state index contributed by atoms with van der Waals surface area (Å²) >= 11 is 1.58. The van der Waals surface area contributed by atoms with Crippen LogP contribution in [0.5, 0.6) is 0 Å².